The zero-order chi connectivity index (χ0) is 44.7. The number of ketones is 1. The standard InChI is InChI=1S/C17H25FN2O2.C10H19ClO.C5H5FN2.S18/c1-2-3-4-5-6-7-8-9-15(21)13-17(22)20-14-10-11-19-16(18)12-14;1-2-3-4-5-6-7-8-9-10(11)12;6-5-3-4(7)1-2-8-5;1-3-5-7-9-11-13-15-17-18-16-14-12-10-8-6-4-2/h10-12H,2-9,13H2,1H3,(H,19,20,22);2-9H2,1H3;1-3H,(H2,7,8);. The number of rotatable bonds is 19. The van der Waals surface area contributed by atoms with Gasteiger partial charge < -0.3 is 11.1 Å². The normalized spacial score (nSPS) is 9.28. The number of carbonyl (C=O) groups excluding carboxylic acids is 3. The summed E-state index contributed by atoms with van der Waals surface area (Å²) in [5.74, 6) is -1.67. The van der Waals surface area contributed by atoms with Crippen LogP contribution >= 0.6 is 11.6 Å². The molecule has 1 amide bonds. The number of halogens is 3. The summed E-state index contributed by atoms with van der Waals surface area (Å²) in [7, 11) is 27.2. The highest BCUT2D eigenvalue weighted by atomic mass is 35.5. The Balaban J connectivity index is 0. The first-order valence-corrected chi connectivity index (χ1v) is 41.0. The van der Waals surface area contributed by atoms with Gasteiger partial charge in [-0.2, -0.15) is 8.78 Å². The van der Waals surface area contributed by atoms with E-state index in [1.807, 2.05) is 0 Å². The minimum Gasteiger partial charge on any atom is -0.399 e. The molecule has 3 N–H and O–H groups in total. The van der Waals surface area contributed by atoms with Crippen molar-refractivity contribution in [2.24, 2.45) is 0 Å². The van der Waals surface area contributed by atoms with Gasteiger partial charge in [-0.15, -0.1) is 0 Å². The first kappa shape index (κ1) is 63.1. The number of carbonyl (C=O) groups is 3. The minimum atomic E-state index is -0.660. The fourth-order valence-corrected chi connectivity index (χ4v) is 42.6. The monoisotopic (exact) mass is 1190 g/mol. The van der Waals surface area contributed by atoms with Gasteiger partial charge in [0.05, 0.1) is 6.42 Å². The molecule has 0 aromatic carbocycles. The van der Waals surface area contributed by atoms with Crippen molar-refractivity contribution in [3.63, 3.8) is 0 Å². The molecule has 0 spiro atoms. The van der Waals surface area contributed by atoms with E-state index < -0.39 is 17.8 Å². The van der Waals surface area contributed by atoms with Gasteiger partial charge in [-0.25, -0.2) is 9.97 Å². The lowest BCUT2D eigenvalue weighted by Gasteiger charge is -2.05. The second-order valence-electron chi connectivity index (χ2n) is 11.2. The predicted molar refractivity (Wildman–Crippen MR) is 300 cm³/mol. The van der Waals surface area contributed by atoms with E-state index in [1.54, 1.807) is 124 Å². The average molecular weight is 1190 g/mol. The zero-order valence-corrected chi connectivity index (χ0v) is 48.1. The van der Waals surface area contributed by atoms with Crippen molar-refractivity contribution in [1.82, 2.24) is 9.97 Å². The fraction of sp³-hybridized carbons (Fsp3) is 0.594. The van der Waals surface area contributed by atoms with Gasteiger partial charge >= 0.3 is 0 Å². The molecule has 0 aliphatic carbocycles. The molecule has 0 atom stereocenters. The van der Waals surface area contributed by atoms with Gasteiger partial charge in [0.25, 0.3) is 0 Å². The number of hydrogen-bond donors (Lipinski definition) is 2. The number of nitrogen functional groups attached to an aromatic ring is 1. The van der Waals surface area contributed by atoms with Gasteiger partial charge in [-0.05, 0) is 36.6 Å². The molecule has 0 saturated heterocycles. The van der Waals surface area contributed by atoms with Crippen molar-refractivity contribution < 1.29 is 23.2 Å². The van der Waals surface area contributed by atoms with Crippen LogP contribution in [0.4, 0.5) is 20.2 Å². The van der Waals surface area contributed by atoms with Crippen LogP contribution in [0.3, 0.4) is 0 Å². The summed E-state index contributed by atoms with van der Waals surface area (Å²) < 4.78 is 24.8. The topological polar surface area (TPSA) is 115 Å². The lowest BCUT2D eigenvalue weighted by Crippen LogP contribution is -2.16. The maximum absolute atomic E-state index is 12.9. The molecule has 28 heteroatoms. The van der Waals surface area contributed by atoms with E-state index in [4.69, 9.17) is 39.7 Å². The highest BCUT2D eigenvalue weighted by molar-refractivity contribution is 8.77. The molecule has 344 valence electrons. The summed E-state index contributed by atoms with van der Waals surface area (Å²) in [4.78, 5) is 40.4. The third-order valence-electron chi connectivity index (χ3n) is 6.57. The molecule has 0 radical (unpaired) electrons. The molecule has 60 heavy (non-hydrogen) atoms. The van der Waals surface area contributed by atoms with E-state index in [0.29, 0.717) is 24.2 Å². The SMILES string of the molecule is CCCCCCCCCC(=O)CC(=O)Nc1ccnc(F)c1.CCCCCCCCCC(=O)Cl.Nc1ccnc(F)c1.S=S=S=S=S=S=S=S=S=S=S=S=S=S=S=S=S=S. The molecule has 0 bridgehead atoms. The summed E-state index contributed by atoms with van der Waals surface area (Å²) in [6, 6.07) is 5.31. The van der Waals surface area contributed by atoms with Gasteiger partial charge in [-0.3, -0.25) is 14.4 Å². The van der Waals surface area contributed by atoms with Crippen molar-refractivity contribution >= 4 is 204 Å². The largest absolute Gasteiger partial charge is 0.399 e. The molecule has 7 nitrogen and oxygen atoms in total. The van der Waals surface area contributed by atoms with E-state index in [-0.39, 0.29) is 17.4 Å². The van der Waals surface area contributed by atoms with Crippen LogP contribution in [0.25, 0.3) is 0 Å². The summed E-state index contributed by atoms with van der Waals surface area (Å²) >= 11 is 14.7. The van der Waals surface area contributed by atoms with E-state index in [2.05, 4.69) is 29.1 Å². The van der Waals surface area contributed by atoms with Gasteiger partial charge in [0.2, 0.25) is 23.0 Å². The van der Waals surface area contributed by atoms with Crippen LogP contribution in [0, 0.1) is 11.9 Å². The van der Waals surface area contributed by atoms with Crippen LogP contribution < -0.4 is 11.1 Å². The zero-order valence-electron chi connectivity index (χ0n) is 32.7. The van der Waals surface area contributed by atoms with Crippen LogP contribution in [0.15, 0.2) is 36.7 Å². The molecular weight excluding hydrogens is 1140 g/mol. The number of aromatic nitrogens is 2. The number of pyridine rings is 2. The van der Waals surface area contributed by atoms with Crippen molar-refractivity contribution in [1.29, 1.82) is 0 Å². The Kier molecular flexibility index (Phi) is 53.7. The molecule has 0 fully saturated rings. The summed E-state index contributed by atoms with van der Waals surface area (Å²) in [5.41, 5.74) is 5.90. The molecule has 0 saturated carbocycles. The molecule has 0 aliphatic rings. The van der Waals surface area contributed by atoms with Crippen molar-refractivity contribution in [3.8, 4) is 0 Å². The Morgan fingerprint density at radius 1 is 0.600 bits per heavy atom. The minimum absolute atomic E-state index is 0.0689. The second kappa shape index (κ2) is 51.0. The Hall–Kier alpha value is 1.02. The highest BCUT2D eigenvalue weighted by Gasteiger charge is 2.10. The first-order valence-electron chi connectivity index (χ1n) is 18.0. The summed E-state index contributed by atoms with van der Waals surface area (Å²) in [6.45, 7) is 4.40. The number of amides is 1. The van der Waals surface area contributed by atoms with Crippen LogP contribution in [0.5, 0.6) is 0 Å². The van der Waals surface area contributed by atoms with Crippen molar-refractivity contribution in [2.75, 3.05) is 11.1 Å². The summed E-state index contributed by atoms with van der Waals surface area (Å²) in [6.07, 6.45) is 20.1. The van der Waals surface area contributed by atoms with Crippen LogP contribution in [-0.2, 0) is 179 Å². The van der Waals surface area contributed by atoms with E-state index in [0.717, 1.165) is 38.2 Å². The van der Waals surface area contributed by atoms with Gasteiger partial charge in [0, 0.05) is 213 Å². The van der Waals surface area contributed by atoms with E-state index in [1.165, 1.54) is 106 Å². The molecule has 2 aromatic heterocycles. The number of hydrogen-bond acceptors (Lipinski definition) is 8. The quantitative estimate of drug-likeness (QED) is 0.0621. The lowest BCUT2D eigenvalue weighted by molar-refractivity contribution is -0.125. The van der Waals surface area contributed by atoms with Crippen molar-refractivity contribution in [2.45, 2.75) is 123 Å². The molecular formula is C32H49ClF2N4O3S18. The first-order chi connectivity index (χ1) is 29.1. The predicted octanol–water partition coefficient (Wildman–Crippen LogP) is 8.91. The third-order valence-corrected chi connectivity index (χ3v) is 40.1. The maximum Gasteiger partial charge on any atom is 0.231 e. The number of nitrogens with two attached hydrogens (primary N) is 1. The average Bonchev–Trinajstić information content (AvgIpc) is 3.21. The molecule has 2 rings (SSSR count). The molecule has 0 aliphatic heterocycles. The Morgan fingerprint density at radius 2 is 0.983 bits per heavy atom. The molecule has 2 heterocycles. The van der Waals surface area contributed by atoms with E-state index in [9.17, 15) is 23.2 Å². The molecule has 2 aromatic rings. The van der Waals surface area contributed by atoms with Crippen LogP contribution in [0.1, 0.15) is 123 Å². The van der Waals surface area contributed by atoms with Crippen LogP contribution in [0.2, 0.25) is 0 Å². The van der Waals surface area contributed by atoms with Gasteiger partial charge in [0.1, 0.15) is 5.78 Å². The van der Waals surface area contributed by atoms with Gasteiger partial charge in [-0.1, -0.05) is 90.9 Å². The Morgan fingerprint density at radius 3 is 1.35 bits per heavy atom. The maximum atomic E-state index is 12.9. The fourth-order valence-electron chi connectivity index (χ4n) is 4.03. The third kappa shape index (κ3) is 51.7. The second-order valence-corrected chi connectivity index (χ2v) is 40.0. The number of nitrogens with one attached hydrogen (secondary N) is 1. The highest BCUT2D eigenvalue weighted by Crippen LogP contribution is 2.11. The smallest absolute Gasteiger partial charge is 0.231 e. The Labute approximate surface area is 414 Å². The molecule has 0 unspecified atom stereocenters. The number of Topliss-reactive ketones (excluding diaryl/α,β-unsaturated/α-hetero) is 1. The summed E-state index contributed by atoms with van der Waals surface area (Å²) in [5, 5.41) is 2.31. The number of nitrogens with zero attached hydrogens (tertiary/aromatic N) is 2. The Bertz CT molecular complexity index is 2190. The van der Waals surface area contributed by atoms with E-state index >= 15 is 0 Å². The van der Waals surface area contributed by atoms with Crippen molar-refractivity contribution in [3.05, 3.63) is 48.6 Å². The lowest BCUT2D eigenvalue weighted by atomic mass is 10.1. The number of anilines is 2. The number of unbranched alkanes of at least 4 members (excludes halogenated alkanes) is 12. The van der Waals surface area contributed by atoms with Crippen LogP contribution in [-0.4, -0.2) is 26.9 Å². The van der Waals surface area contributed by atoms with Gasteiger partial charge in [0.15, 0.2) is 0 Å².